The number of aliphatic carboxylic acids is 1. The summed E-state index contributed by atoms with van der Waals surface area (Å²) in [6, 6.07) is -0.184. The van der Waals surface area contributed by atoms with E-state index in [1.807, 2.05) is 0 Å². The molecule has 0 radical (unpaired) electrons. The SMILES string of the molecule is CC[C@H](O)[C@@H]1C(=O)N2C(C(=O)O)=C(S[C@@H]3CN[C@H](C(=N)N)C3)S[C@H]12. The van der Waals surface area contributed by atoms with Gasteiger partial charge in [0.25, 0.3) is 0 Å². The fraction of sp³-hybridized carbons (Fsp3) is 0.643. The first-order valence-corrected chi connectivity index (χ1v) is 9.50. The van der Waals surface area contributed by atoms with E-state index in [0.717, 1.165) is 0 Å². The van der Waals surface area contributed by atoms with Crippen LogP contribution in [0.2, 0.25) is 0 Å². The van der Waals surface area contributed by atoms with Crippen LogP contribution in [-0.4, -0.2) is 62.1 Å². The summed E-state index contributed by atoms with van der Waals surface area (Å²) in [6.07, 6.45) is 0.358. The molecule has 0 unspecified atom stereocenters. The second-order valence-corrected chi connectivity index (χ2v) is 8.75. The van der Waals surface area contributed by atoms with Crippen LogP contribution < -0.4 is 11.1 Å². The Bertz CT molecular complexity index is 626. The summed E-state index contributed by atoms with van der Waals surface area (Å²) >= 11 is 2.76. The molecule has 0 spiro atoms. The Kier molecular flexibility index (Phi) is 4.82. The molecule has 10 heteroatoms. The van der Waals surface area contributed by atoms with Gasteiger partial charge in [0.15, 0.2) is 5.70 Å². The topological polar surface area (TPSA) is 140 Å². The lowest BCUT2D eigenvalue weighted by Gasteiger charge is -2.44. The molecule has 2 saturated heterocycles. The monoisotopic (exact) mass is 372 g/mol. The number of nitrogens with one attached hydrogen (secondary N) is 2. The van der Waals surface area contributed by atoms with Crippen molar-refractivity contribution in [3.8, 4) is 0 Å². The predicted molar refractivity (Wildman–Crippen MR) is 92.4 cm³/mol. The van der Waals surface area contributed by atoms with E-state index in [0.29, 0.717) is 23.6 Å². The van der Waals surface area contributed by atoms with Gasteiger partial charge < -0.3 is 21.3 Å². The lowest BCUT2D eigenvalue weighted by molar-refractivity contribution is -0.157. The van der Waals surface area contributed by atoms with E-state index in [-0.39, 0.29) is 34.1 Å². The van der Waals surface area contributed by atoms with Crippen LogP contribution in [0.25, 0.3) is 0 Å². The number of aliphatic hydroxyl groups excluding tert-OH is 1. The summed E-state index contributed by atoms with van der Waals surface area (Å²) in [5, 5.41) is 29.9. The molecule has 0 aromatic rings. The summed E-state index contributed by atoms with van der Waals surface area (Å²) in [4.78, 5) is 25.2. The number of amides is 1. The third-order valence-electron chi connectivity index (χ3n) is 4.52. The molecule has 6 N–H and O–H groups in total. The Labute approximate surface area is 147 Å². The Morgan fingerprint density at radius 3 is 2.88 bits per heavy atom. The molecule has 8 nitrogen and oxygen atoms in total. The highest BCUT2D eigenvalue weighted by molar-refractivity contribution is 8.23. The first-order chi connectivity index (χ1) is 11.3. The molecule has 132 valence electrons. The van der Waals surface area contributed by atoms with Gasteiger partial charge in [-0.3, -0.25) is 15.1 Å². The number of aliphatic hydroxyl groups is 1. The van der Waals surface area contributed by atoms with E-state index in [9.17, 15) is 19.8 Å². The average Bonchev–Trinajstić information content (AvgIpc) is 3.10. The average molecular weight is 372 g/mol. The van der Waals surface area contributed by atoms with Crippen LogP contribution in [0.15, 0.2) is 9.93 Å². The minimum absolute atomic E-state index is 0.0193. The molecule has 1 amide bonds. The van der Waals surface area contributed by atoms with Gasteiger partial charge in [-0.05, 0) is 12.8 Å². The second kappa shape index (κ2) is 6.58. The summed E-state index contributed by atoms with van der Waals surface area (Å²) in [7, 11) is 0. The molecule has 0 aromatic carbocycles. The van der Waals surface area contributed by atoms with Crippen molar-refractivity contribution in [3.05, 3.63) is 9.93 Å². The zero-order chi connectivity index (χ0) is 17.6. The Morgan fingerprint density at radius 1 is 1.62 bits per heavy atom. The molecule has 3 aliphatic heterocycles. The summed E-state index contributed by atoms with van der Waals surface area (Å²) in [6.45, 7) is 2.43. The fourth-order valence-electron chi connectivity index (χ4n) is 3.18. The maximum atomic E-state index is 12.3. The Hall–Kier alpha value is -1.23. The number of fused-ring (bicyclic) bond motifs is 1. The third-order valence-corrected chi connectivity index (χ3v) is 7.35. The van der Waals surface area contributed by atoms with Gasteiger partial charge in [-0.15, -0.1) is 11.8 Å². The van der Waals surface area contributed by atoms with Crippen LogP contribution in [0.5, 0.6) is 0 Å². The van der Waals surface area contributed by atoms with Crippen molar-refractivity contribution in [2.75, 3.05) is 6.54 Å². The Morgan fingerprint density at radius 2 is 2.33 bits per heavy atom. The Balaban J connectivity index is 1.75. The number of nitrogens with two attached hydrogens (primary N) is 1. The van der Waals surface area contributed by atoms with Gasteiger partial charge in [0, 0.05) is 11.8 Å². The van der Waals surface area contributed by atoms with Crippen molar-refractivity contribution in [1.82, 2.24) is 10.2 Å². The van der Waals surface area contributed by atoms with Crippen LogP contribution >= 0.6 is 23.5 Å². The lowest BCUT2D eigenvalue weighted by atomic mass is 9.90. The molecular weight excluding hydrogens is 352 g/mol. The highest BCUT2D eigenvalue weighted by atomic mass is 32.2. The number of hydrogen-bond donors (Lipinski definition) is 5. The maximum Gasteiger partial charge on any atom is 0.354 e. The maximum absolute atomic E-state index is 12.3. The first-order valence-electron chi connectivity index (χ1n) is 7.74. The molecule has 0 bridgehead atoms. The lowest BCUT2D eigenvalue weighted by Crippen LogP contribution is -2.61. The van der Waals surface area contributed by atoms with Crippen molar-refractivity contribution in [2.45, 2.75) is 42.5 Å². The smallest absolute Gasteiger partial charge is 0.354 e. The van der Waals surface area contributed by atoms with E-state index in [1.165, 1.54) is 28.4 Å². The van der Waals surface area contributed by atoms with E-state index < -0.39 is 18.0 Å². The molecule has 2 fully saturated rings. The highest BCUT2D eigenvalue weighted by Gasteiger charge is 2.58. The van der Waals surface area contributed by atoms with Gasteiger partial charge in [0.1, 0.15) is 11.2 Å². The van der Waals surface area contributed by atoms with E-state index in [2.05, 4.69) is 5.32 Å². The molecule has 3 rings (SSSR count). The van der Waals surface area contributed by atoms with Crippen molar-refractivity contribution in [2.24, 2.45) is 11.7 Å². The summed E-state index contributed by atoms with van der Waals surface area (Å²) in [5.74, 6) is -1.91. The number of hydrogen-bond acceptors (Lipinski definition) is 7. The third kappa shape index (κ3) is 2.81. The van der Waals surface area contributed by atoms with E-state index in [1.54, 1.807) is 6.92 Å². The van der Waals surface area contributed by atoms with Gasteiger partial charge in [0.05, 0.1) is 22.3 Å². The van der Waals surface area contributed by atoms with Crippen molar-refractivity contribution in [1.29, 1.82) is 5.41 Å². The number of carboxylic acid groups (broad SMARTS) is 1. The quantitative estimate of drug-likeness (QED) is 0.248. The van der Waals surface area contributed by atoms with Crippen LogP contribution in [0.3, 0.4) is 0 Å². The van der Waals surface area contributed by atoms with Gasteiger partial charge >= 0.3 is 5.97 Å². The minimum atomic E-state index is -1.13. The van der Waals surface area contributed by atoms with Gasteiger partial charge in [-0.1, -0.05) is 18.7 Å². The molecule has 0 saturated carbocycles. The van der Waals surface area contributed by atoms with Gasteiger partial charge in [0.2, 0.25) is 5.91 Å². The number of nitrogens with zero attached hydrogens (tertiary/aromatic N) is 1. The number of carboxylic acids is 1. The fourth-order valence-corrected chi connectivity index (χ4v) is 6.45. The number of β-lactam (4-membered cyclic amide) rings is 1. The number of rotatable bonds is 6. The number of thioether (sulfide) groups is 2. The predicted octanol–water partition coefficient (Wildman–Crippen LogP) is -0.0580. The summed E-state index contributed by atoms with van der Waals surface area (Å²) in [5.41, 5.74) is 5.52. The highest BCUT2D eigenvalue weighted by Crippen LogP contribution is 2.55. The molecule has 3 aliphatic rings. The molecule has 24 heavy (non-hydrogen) atoms. The van der Waals surface area contributed by atoms with Gasteiger partial charge in [-0.25, -0.2) is 4.79 Å². The van der Waals surface area contributed by atoms with E-state index >= 15 is 0 Å². The summed E-state index contributed by atoms with van der Waals surface area (Å²) < 4.78 is 0.600. The van der Waals surface area contributed by atoms with Gasteiger partial charge in [-0.2, -0.15) is 0 Å². The van der Waals surface area contributed by atoms with Crippen molar-refractivity contribution in [3.63, 3.8) is 0 Å². The molecule has 3 heterocycles. The van der Waals surface area contributed by atoms with Crippen LogP contribution in [0, 0.1) is 11.3 Å². The van der Waals surface area contributed by atoms with Crippen molar-refractivity contribution >= 4 is 41.2 Å². The largest absolute Gasteiger partial charge is 0.477 e. The number of carbonyl (C=O) groups is 2. The zero-order valence-corrected chi connectivity index (χ0v) is 14.7. The molecule has 0 aliphatic carbocycles. The standard InChI is InChI=1S/C14H20N4O4S2/c1-2-7(19)8-11(20)18-9(13(21)22)14(24-12(8)18)23-5-3-6(10(15)16)17-4-5/h5-8,12,17,19H,2-4H2,1H3,(H3,15,16)(H,21,22)/t5-,6-,7-,8+,12+/m0/s1. The zero-order valence-electron chi connectivity index (χ0n) is 13.1. The first kappa shape index (κ1) is 17.6. The van der Waals surface area contributed by atoms with Crippen LogP contribution in [0.1, 0.15) is 19.8 Å². The number of carbonyl (C=O) groups excluding carboxylic acids is 1. The van der Waals surface area contributed by atoms with Crippen LogP contribution in [-0.2, 0) is 9.59 Å². The minimum Gasteiger partial charge on any atom is -0.477 e. The molecule has 0 aromatic heterocycles. The second-order valence-electron chi connectivity index (χ2n) is 6.05. The molecule has 5 atom stereocenters. The number of amidine groups is 1. The normalized spacial score (nSPS) is 33.4. The van der Waals surface area contributed by atoms with E-state index in [4.69, 9.17) is 11.1 Å². The van der Waals surface area contributed by atoms with Crippen LogP contribution in [0.4, 0.5) is 0 Å². The van der Waals surface area contributed by atoms with Crippen molar-refractivity contribution < 1.29 is 19.8 Å². The molecular formula is C14H20N4O4S2.